The highest BCUT2D eigenvalue weighted by Crippen LogP contribution is 2.31. The number of hydrogen-bond donors (Lipinski definition) is 1. The highest BCUT2D eigenvalue weighted by molar-refractivity contribution is 7.80. The van der Waals surface area contributed by atoms with Gasteiger partial charge in [-0.2, -0.15) is 0 Å². The molecule has 0 aromatic heterocycles. The van der Waals surface area contributed by atoms with Gasteiger partial charge >= 0.3 is 0 Å². The lowest BCUT2D eigenvalue weighted by molar-refractivity contribution is 0.481. The van der Waals surface area contributed by atoms with Gasteiger partial charge in [0.1, 0.15) is 16.5 Å². The van der Waals surface area contributed by atoms with Crippen LogP contribution in [0.1, 0.15) is 11.1 Å². The van der Waals surface area contributed by atoms with Crippen molar-refractivity contribution < 1.29 is 4.74 Å². The van der Waals surface area contributed by atoms with Crippen molar-refractivity contribution in [3.63, 3.8) is 0 Å². The summed E-state index contributed by atoms with van der Waals surface area (Å²) in [6.45, 7) is 1.96. The first-order valence-electron chi connectivity index (χ1n) is 5.51. The Bertz CT molecular complexity index is 643. The first-order valence-corrected chi connectivity index (χ1v) is 6.67. The monoisotopic (exact) mass is 311 g/mol. The first-order chi connectivity index (χ1) is 8.97. The van der Waals surface area contributed by atoms with Gasteiger partial charge < -0.3 is 10.5 Å². The maximum absolute atomic E-state index is 5.95. The molecule has 0 amide bonds. The molecule has 0 fully saturated rings. The molecule has 0 bridgehead atoms. The Morgan fingerprint density at radius 1 is 1.11 bits per heavy atom. The van der Waals surface area contributed by atoms with Gasteiger partial charge in [-0.3, -0.25) is 0 Å². The van der Waals surface area contributed by atoms with Crippen molar-refractivity contribution in [2.45, 2.75) is 6.92 Å². The SMILES string of the molecule is Cc1ccc(C(N)=S)c(Oc2ccc(Cl)c(Cl)c2)c1. The number of hydrogen-bond acceptors (Lipinski definition) is 2. The van der Waals surface area contributed by atoms with Gasteiger partial charge in [-0.25, -0.2) is 0 Å². The minimum Gasteiger partial charge on any atom is -0.457 e. The normalized spacial score (nSPS) is 10.3. The Morgan fingerprint density at radius 3 is 2.47 bits per heavy atom. The largest absolute Gasteiger partial charge is 0.457 e. The quantitative estimate of drug-likeness (QED) is 0.832. The van der Waals surface area contributed by atoms with Crippen LogP contribution in [0, 0.1) is 6.92 Å². The van der Waals surface area contributed by atoms with Crippen LogP contribution >= 0.6 is 35.4 Å². The van der Waals surface area contributed by atoms with Crippen LogP contribution in [-0.4, -0.2) is 4.99 Å². The van der Waals surface area contributed by atoms with E-state index in [2.05, 4.69) is 0 Å². The van der Waals surface area contributed by atoms with Crippen molar-refractivity contribution in [3.05, 3.63) is 57.6 Å². The number of ether oxygens (including phenoxy) is 1. The zero-order chi connectivity index (χ0) is 14.0. The van der Waals surface area contributed by atoms with E-state index in [4.69, 9.17) is 45.9 Å². The Morgan fingerprint density at radius 2 is 1.84 bits per heavy atom. The molecule has 2 aromatic carbocycles. The number of aryl methyl sites for hydroxylation is 1. The van der Waals surface area contributed by atoms with Gasteiger partial charge in [0.2, 0.25) is 0 Å². The Kier molecular flexibility index (Phi) is 4.30. The van der Waals surface area contributed by atoms with E-state index in [1.54, 1.807) is 18.2 Å². The fraction of sp³-hybridized carbons (Fsp3) is 0.0714. The third kappa shape index (κ3) is 3.38. The van der Waals surface area contributed by atoms with Crippen LogP contribution in [-0.2, 0) is 0 Å². The van der Waals surface area contributed by atoms with Gasteiger partial charge in [-0.15, -0.1) is 0 Å². The molecule has 0 radical (unpaired) electrons. The lowest BCUT2D eigenvalue weighted by Crippen LogP contribution is -2.10. The maximum atomic E-state index is 5.95. The molecule has 5 heteroatoms. The predicted molar refractivity (Wildman–Crippen MR) is 83.6 cm³/mol. The standard InChI is InChI=1S/C14H11Cl2NOS/c1-8-2-4-10(14(17)19)13(6-8)18-9-3-5-11(15)12(16)7-9/h2-7H,1H3,(H2,17,19). The average Bonchev–Trinajstić information content (AvgIpc) is 2.33. The summed E-state index contributed by atoms with van der Waals surface area (Å²) in [5.41, 5.74) is 7.41. The van der Waals surface area contributed by atoms with Gasteiger partial charge in [-0.05, 0) is 36.8 Å². The fourth-order valence-corrected chi connectivity index (χ4v) is 2.04. The number of rotatable bonds is 3. The van der Waals surface area contributed by atoms with Gasteiger partial charge in [0.05, 0.1) is 15.6 Å². The van der Waals surface area contributed by atoms with Crippen LogP contribution < -0.4 is 10.5 Å². The molecule has 2 rings (SSSR count). The molecular formula is C14H11Cl2NOS. The van der Waals surface area contributed by atoms with Crippen LogP contribution in [0.5, 0.6) is 11.5 Å². The summed E-state index contributed by atoms with van der Waals surface area (Å²) >= 11 is 16.8. The minimum atomic E-state index is 0.287. The van der Waals surface area contributed by atoms with Crippen LogP contribution in [0.3, 0.4) is 0 Å². The summed E-state index contributed by atoms with van der Waals surface area (Å²) in [6.07, 6.45) is 0. The van der Waals surface area contributed by atoms with Crippen LogP contribution in [0.4, 0.5) is 0 Å². The van der Waals surface area contributed by atoms with E-state index < -0.39 is 0 Å². The Hall–Kier alpha value is -1.29. The van der Waals surface area contributed by atoms with Crippen molar-refractivity contribution in [3.8, 4) is 11.5 Å². The molecule has 0 aliphatic rings. The molecule has 2 N–H and O–H groups in total. The molecule has 0 heterocycles. The van der Waals surface area contributed by atoms with E-state index in [9.17, 15) is 0 Å². The molecule has 0 saturated heterocycles. The van der Waals surface area contributed by atoms with E-state index in [0.29, 0.717) is 27.1 Å². The summed E-state index contributed by atoms with van der Waals surface area (Å²) in [5.74, 6) is 1.18. The molecule has 19 heavy (non-hydrogen) atoms. The number of nitrogens with two attached hydrogens (primary N) is 1. The Labute approximate surface area is 127 Å². The average molecular weight is 312 g/mol. The topological polar surface area (TPSA) is 35.2 Å². The molecule has 2 aromatic rings. The second-order valence-corrected chi connectivity index (χ2v) is 5.30. The lowest BCUT2D eigenvalue weighted by Gasteiger charge is -2.11. The fourth-order valence-electron chi connectivity index (χ4n) is 1.58. The molecule has 0 unspecified atom stereocenters. The van der Waals surface area contributed by atoms with E-state index >= 15 is 0 Å². The first kappa shape index (κ1) is 14.1. The Balaban J connectivity index is 2.39. The van der Waals surface area contributed by atoms with Crippen molar-refractivity contribution in [1.82, 2.24) is 0 Å². The molecule has 2 nitrogen and oxygen atoms in total. The number of halogens is 2. The summed E-state index contributed by atoms with van der Waals surface area (Å²) in [6, 6.07) is 10.7. The van der Waals surface area contributed by atoms with Gasteiger partial charge in [-0.1, -0.05) is 41.5 Å². The molecule has 0 aliphatic carbocycles. The smallest absolute Gasteiger partial charge is 0.137 e. The van der Waals surface area contributed by atoms with Crippen molar-refractivity contribution in [2.24, 2.45) is 5.73 Å². The third-order valence-corrected chi connectivity index (χ3v) is 3.48. The molecular weight excluding hydrogens is 301 g/mol. The van der Waals surface area contributed by atoms with Gasteiger partial charge in [0, 0.05) is 6.07 Å². The highest BCUT2D eigenvalue weighted by Gasteiger charge is 2.09. The second kappa shape index (κ2) is 5.78. The maximum Gasteiger partial charge on any atom is 0.137 e. The zero-order valence-corrected chi connectivity index (χ0v) is 12.4. The number of benzene rings is 2. The summed E-state index contributed by atoms with van der Waals surface area (Å²) < 4.78 is 5.78. The highest BCUT2D eigenvalue weighted by atomic mass is 35.5. The third-order valence-electron chi connectivity index (χ3n) is 2.52. The number of thiocarbonyl (C=S) groups is 1. The van der Waals surface area contributed by atoms with Gasteiger partial charge in [0.15, 0.2) is 0 Å². The summed E-state index contributed by atoms with van der Waals surface area (Å²) in [5, 5.41) is 0.913. The van der Waals surface area contributed by atoms with Crippen LogP contribution in [0.2, 0.25) is 10.0 Å². The predicted octanol–water partition coefficient (Wildman–Crippen LogP) is 4.73. The van der Waals surface area contributed by atoms with E-state index in [0.717, 1.165) is 5.56 Å². The molecule has 0 spiro atoms. The van der Waals surface area contributed by atoms with Crippen molar-refractivity contribution in [1.29, 1.82) is 0 Å². The van der Waals surface area contributed by atoms with Crippen molar-refractivity contribution >= 4 is 40.4 Å². The minimum absolute atomic E-state index is 0.287. The van der Waals surface area contributed by atoms with Gasteiger partial charge in [0.25, 0.3) is 0 Å². The molecule has 98 valence electrons. The van der Waals surface area contributed by atoms with Crippen LogP contribution in [0.25, 0.3) is 0 Å². The van der Waals surface area contributed by atoms with E-state index in [1.807, 2.05) is 25.1 Å². The van der Waals surface area contributed by atoms with Crippen LogP contribution in [0.15, 0.2) is 36.4 Å². The molecule has 0 saturated carbocycles. The molecule has 0 atom stereocenters. The van der Waals surface area contributed by atoms with Crippen molar-refractivity contribution in [2.75, 3.05) is 0 Å². The van der Waals surface area contributed by atoms with E-state index in [1.165, 1.54) is 0 Å². The second-order valence-electron chi connectivity index (χ2n) is 4.04. The zero-order valence-electron chi connectivity index (χ0n) is 10.1. The summed E-state index contributed by atoms with van der Waals surface area (Å²) in [7, 11) is 0. The lowest BCUT2D eigenvalue weighted by atomic mass is 10.1. The summed E-state index contributed by atoms with van der Waals surface area (Å²) in [4.78, 5) is 0.287. The van der Waals surface area contributed by atoms with E-state index in [-0.39, 0.29) is 4.99 Å². The molecule has 0 aliphatic heterocycles.